The van der Waals surface area contributed by atoms with E-state index in [-0.39, 0.29) is 18.1 Å². The van der Waals surface area contributed by atoms with Crippen molar-refractivity contribution in [2.75, 3.05) is 21.9 Å². The molecule has 0 spiro atoms. The molecule has 1 heterocycles. The predicted molar refractivity (Wildman–Crippen MR) is 149 cm³/mol. The number of hydrogen-bond donors (Lipinski definition) is 1. The largest absolute Gasteiger partial charge is 0.457 e. The summed E-state index contributed by atoms with van der Waals surface area (Å²) >= 11 is 2.24. The van der Waals surface area contributed by atoms with E-state index >= 15 is 0 Å². The minimum Gasteiger partial charge on any atom is -0.457 e. The highest BCUT2D eigenvalue weighted by molar-refractivity contribution is 14.1. The summed E-state index contributed by atoms with van der Waals surface area (Å²) in [5, 5.41) is 12.2. The van der Waals surface area contributed by atoms with Crippen LogP contribution in [0.25, 0.3) is 0 Å². The lowest BCUT2D eigenvalue weighted by Gasteiger charge is -2.18. The summed E-state index contributed by atoms with van der Waals surface area (Å²) in [7, 11) is -3.25. The Morgan fingerprint density at radius 3 is 2.56 bits per heavy atom. The maximum atomic E-state index is 12.8. The van der Waals surface area contributed by atoms with Crippen LogP contribution in [0.1, 0.15) is 34.2 Å². The number of aryl methyl sites for hydroxylation is 2. The Morgan fingerprint density at radius 1 is 1.08 bits per heavy atom. The Labute approximate surface area is 225 Å². The van der Waals surface area contributed by atoms with Gasteiger partial charge in [-0.2, -0.15) is 5.26 Å². The van der Waals surface area contributed by atoms with Crippen molar-refractivity contribution in [2.24, 2.45) is 0 Å². The van der Waals surface area contributed by atoms with Crippen LogP contribution in [0.15, 0.2) is 54.6 Å². The summed E-state index contributed by atoms with van der Waals surface area (Å²) in [6.45, 7) is 4.25. The average molecular weight is 615 g/mol. The molecule has 3 aromatic carbocycles. The maximum Gasteiger partial charge on any atom is 0.235 e. The number of nitrogens with one attached hydrogen (secondary N) is 1. The number of ether oxygens (including phenoxy) is 1. The van der Waals surface area contributed by atoms with E-state index in [1.54, 1.807) is 24.3 Å². The number of carbonyl (C=O) groups excluding carboxylic acids is 1. The standard InChI is InChI=1S/C27H26IN3O4S/c1-18-4-5-20(14-26(18)35-24-12-21(16-28)11-22(13-24)17-29)15-27(32)30-25-7-6-23(10-19(25)2)31-8-3-9-36(31,33)34/h4-7,10-14H,3,8-9,15-16H2,1-2H3,(H,30,32). The minimum absolute atomic E-state index is 0.148. The van der Waals surface area contributed by atoms with Crippen molar-refractivity contribution in [3.05, 3.63) is 82.4 Å². The summed E-state index contributed by atoms with van der Waals surface area (Å²) in [6.07, 6.45) is 0.765. The quantitative estimate of drug-likeness (QED) is 0.275. The highest BCUT2D eigenvalue weighted by atomic mass is 127. The van der Waals surface area contributed by atoms with E-state index in [1.165, 1.54) is 4.31 Å². The summed E-state index contributed by atoms with van der Waals surface area (Å²) in [5.74, 6) is 1.19. The van der Waals surface area contributed by atoms with Gasteiger partial charge >= 0.3 is 0 Å². The fourth-order valence-corrected chi connectivity index (χ4v) is 6.10. The first-order valence-electron chi connectivity index (χ1n) is 11.5. The van der Waals surface area contributed by atoms with Crippen LogP contribution in [0.4, 0.5) is 11.4 Å². The van der Waals surface area contributed by atoms with Crippen LogP contribution in [0.3, 0.4) is 0 Å². The second kappa shape index (κ2) is 10.9. The first-order chi connectivity index (χ1) is 17.2. The Kier molecular flexibility index (Phi) is 7.85. The molecule has 0 radical (unpaired) electrons. The number of anilines is 2. The zero-order chi connectivity index (χ0) is 25.9. The topological polar surface area (TPSA) is 99.5 Å². The number of carbonyl (C=O) groups is 1. The number of hydrogen-bond acceptors (Lipinski definition) is 5. The van der Waals surface area contributed by atoms with E-state index < -0.39 is 10.0 Å². The predicted octanol–water partition coefficient (Wildman–Crippen LogP) is 5.62. The zero-order valence-corrected chi connectivity index (χ0v) is 23.0. The fraction of sp³-hybridized carbons (Fsp3) is 0.259. The van der Waals surface area contributed by atoms with Gasteiger partial charge in [0, 0.05) is 16.7 Å². The molecule has 0 aliphatic carbocycles. The molecule has 0 bridgehead atoms. The molecule has 0 aromatic heterocycles. The molecule has 4 rings (SSSR count). The molecule has 7 nitrogen and oxygen atoms in total. The summed E-state index contributed by atoms with van der Waals surface area (Å²) < 4.78 is 32.7. The monoisotopic (exact) mass is 615 g/mol. The van der Waals surface area contributed by atoms with Crippen LogP contribution in [0.2, 0.25) is 0 Å². The van der Waals surface area contributed by atoms with Crippen LogP contribution in [-0.4, -0.2) is 26.6 Å². The van der Waals surface area contributed by atoms with Gasteiger partial charge in [-0.3, -0.25) is 9.10 Å². The normalized spacial score (nSPS) is 14.3. The van der Waals surface area contributed by atoms with Crippen molar-refractivity contribution < 1.29 is 17.9 Å². The van der Waals surface area contributed by atoms with Gasteiger partial charge in [0.25, 0.3) is 0 Å². The zero-order valence-electron chi connectivity index (χ0n) is 20.0. The SMILES string of the molecule is Cc1cc(N2CCCS2(=O)=O)ccc1NC(=O)Cc1ccc(C)c(Oc2cc(C#N)cc(CI)c2)c1. The number of rotatable bonds is 7. The summed E-state index contributed by atoms with van der Waals surface area (Å²) in [5.41, 5.74) is 5.30. The van der Waals surface area contributed by atoms with Gasteiger partial charge < -0.3 is 10.1 Å². The number of benzene rings is 3. The molecule has 1 N–H and O–H groups in total. The average Bonchev–Trinajstić information content (AvgIpc) is 3.21. The molecular weight excluding hydrogens is 589 g/mol. The molecule has 1 aliphatic heterocycles. The van der Waals surface area contributed by atoms with Gasteiger partial charge in [-0.25, -0.2) is 8.42 Å². The maximum absolute atomic E-state index is 12.8. The first kappa shape index (κ1) is 26.0. The highest BCUT2D eigenvalue weighted by Crippen LogP contribution is 2.30. The molecule has 0 unspecified atom stereocenters. The number of amides is 1. The number of sulfonamides is 1. The van der Waals surface area contributed by atoms with Crippen molar-refractivity contribution in [1.29, 1.82) is 5.26 Å². The van der Waals surface area contributed by atoms with E-state index in [4.69, 9.17) is 4.74 Å². The van der Waals surface area contributed by atoms with Crippen molar-refractivity contribution >= 4 is 49.9 Å². The third-order valence-corrected chi connectivity index (χ3v) is 8.72. The third kappa shape index (κ3) is 5.99. The highest BCUT2D eigenvalue weighted by Gasteiger charge is 2.28. The van der Waals surface area contributed by atoms with E-state index in [0.29, 0.717) is 41.4 Å². The van der Waals surface area contributed by atoms with Gasteiger partial charge in [0.2, 0.25) is 15.9 Å². The molecule has 1 fully saturated rings. The van der Waals surface area contributed by atoms with E-state index in [0.717, 1.165) is 26.7 Å². The van der Waals surface area contributed by atoms with Crippen LogP contribution in [0.5, 0.6) is 11.5 Å². The number of alkyl halides is 1. The summed E-state index contributed by atoms with van der Waals surface area (Å²) in [6, 6.07) is 18.5. The molecule has 1 saturated heterocycles. The van der Waals surface area contributed by atoms with Crippen molar-refractivity contribution in [3.8, 4) is 17.6 Å². The van der Waals surface area contributed by atoms with E-state index in [1.807, 2.05) is 44.2 Å². The Balaban J connectivity index is 1.46. The lowest BCUT2D eigenvalue weighted by molar-refractivity contribution is -0.115. The molecule has 186 valence electrons. The molecule has 0 atom stereocenters. The van der Waals surface area contributed by atoms with Gasteiger partial charge in [-0.05, 0) is 85.0 Å². The van der Waals surface area contributed by atoms with Gasteiger partial charge in [-0.15, -0.1) is 0 Å². The van der Waals surface area contributed by atoms with Crippen LogP contribution in [-0.2, 0) is 25.7 Å². The Hall–Kier alpha value is -3.10. The van der Waals surface area contributed by atoms with Gasteiger partial charge in [0.15, 0.2) is 0 Å². The van der Waals surface area contributed by atoms with Gasteiger partial charge in [0.1, 0.15) is 11.5 Å². The molecular formula is C27H26IN3O4S. The summed E-state index contributed by atoms with van der Waals surface area (Å²) in [4.78, 5) is 12.8. The smallest absolute Gasteiger partial charge is 0.235 e. The number of nitrogens with zero attached hydrogens (tertiary/aromatic N) is 2. The Bertz CT molecular complexity index is 1460. The minimum atomic E-state index is -3.25. The second-order valence-electron chi connectivity index (χ2n) is 8.78. The Morgan fingerprint density at radius 2 is 1.89 bits per heavy atom. The molecule has 1 aliphatic rings. The molecule has 1 amide bonds. The molecule has 0 saturated carbocycles. The van der Waals surface area contributed by atoms with Crippen molar-refractivity contribution in [2.45, 2.75) is 31.1 Å². The van der Waals surface area contributed by atoms with Crippen molar-refractivity contribution in [3.63, 3.8) is 0 Å². The lowest BCUT2D eigenvalue weighted by atomic mass is 10.1. The van der Waals surface area contributed by atoms with E-state index in [2.05, 4.69) is 34.0 Å². The number of nitriles is 1. The van der Waals surface area contributed by atoms with Crippen LogP contribution < -0.4 is 14.4 Å². The van der Waals surface area contributed by atoms with Gasteiger partial charge in [0.05, 0.1) is 29.5 Å². The van der Waals surface area contributed by atoms with Crippen molar-refractivity contribution in [1.82, 2.24) is 0 Å². The lowest BCUT2D eigenvalue weighted by Crippen LogP contribution is -2.25. The van der Waals surface area contributed by atoms with Gasteiger partial charge in [-0.1, -0.05) is 34.7 Å². The molecule has 3 aromatic rings. The molecule has 9 heteroatoms. The molecule has 36 heavy (non-hydrogen) atoms. The fourth-order valence-electron chi connectivity index (χ4n) is 4.11. The first-order valence-corrected chi connectivity index (χ1v) is 14.6. The van der Waals surface area contributed by atoms with Crippen LogP contribution >= 0.6 is 22.6 Å². The number of halogens is 1. The van der Waals surface area contributed by atoms with Crippen LogP contribution in [0, 0.1) is 25.2 Å². The third-order valence-electron chi connectivity index (χ3n) is 5.97. The van der Waals surface area contributed by atoms with E-state index in [9.17, 15) is 18.5 Å². The second-order valence-corrected chi connectivity index (χ2v) is 11.6.